The van der Waals surface area contributed by atoms with Crippen LogP contribution in [0.5, 0.6) is 11.5 Å². The Morgan fingerprint density at radius 1 is 0.929 bits per heavy atom. The summed E-state index contributed by atoms with van der Waals surface area (Å²) in [6, 6.07) is 29.1. The van der Waals surface area contributed by atoms with Gasteiger partial charge in [-0.15, -0.1) is 0 Å². The van der Waals surface area contributed by atoms with Gasteiger partial charge < -0.3 is 34.4 Å². The van der Waals surface area contributed by atoms with E-state index in [2.05, 4.69) is 53.1 Å². The van der Waals surface area contributed by atoms with Crippen molar-refractivity contribution in [1.29, 1.82) is 0 Å². The fourth-order valence-electron chi connectivity index (χ4n) is 5.54. The van der Waals surface area contributed by atoms with Crippen LogP contribution in [0.15, 0.2) is 84.9 Å². The van der Waals surface area contributed by atoms with Gasteiger partial charge in [-0.1, -0.05) is 48.5 Å². The Morgan fingerprint density at radius 3 is 2.57 bits per heavy atom. The molecule has 42 heavy (non-hydrogen) atoms. The molecule has 7 heteroatoms. The lowest BCUT2D eigenvalue weighted by Gasteiger charge is -2.33. The number of methoxy groups -OCH3 is 2. The summed E-state index contributed by atoms with van der Waals surface area (Å²) >= 11 is 0. The fraction of sp³-hybridized carbons (Fsp3) is 0.343. The molecule has 1 aliphatic heterocycles. The topological polar surface area (TPSA) is 82.4 Å². The van der Waals surface area contributed by atoms with Gasteiger partial charge in [0, 0.05) is 37.0 Å². The van der Waals surface area contributed by atoms with Gasteiger partial charge in [-0.2, -0.15) is 0 Å². The average molecular weight is 570 g/mol. The molecule has 7 nitrogen and oxygen atoms in total. The van der Waals surface area contributed by atoms with E-state index in [1.54, 1.807) is 7.11 Å². The normalized spacial score (nSPS) is 16.7. The smallest absolute Gasteiger partial charge is 0.496 e. The van der Waals surface area contributed by atoms with E-state index in [0.29, 0.717) is 37.3 Å². The summed E-state index contributed by atoms with van der Waals surface area (Å²) in [5.74, 6) is 2.10. The summed E-state index contributed by atoms with van der Waals surface area (Å²) in [7, 11) is 3.15. The van der Waals surface area contributed by atoms with Crippen LogP contribution in [0.3, 0.4) is 0 Å². The summed E-state index contributed by atoms with van der Waals surface area (Å²) in [6.07, 6.45) is 1.91. The van der Waals surface area contributed by atoms with E-state index in [0.717, 1.165) is 60.3 Å². The van der Waals surface area contributed by atoms with Crippen LogP contribution in [0, 0.1) is 0 Å². The van der Waals surface area contributed by atoms with Gasteiger partial charge >= 0.3 is 5.97 Å². The Labute approximate surface area is 248 Å². The van der Waals surface area contributed by atoms with Gasteiger partial charge in [-0.3, -0.25) is 0 Å². The quantitative estimate of drug-likeness (QED) is 0.125. The molecule has 4 aromatic rings. The molecule has 1 unspecified atom stereocenters. The van der Waals surface area contributed by atoms with E-state index >= 15 is 0 Å². The van der Waals surface area contributed by atoms with Gasteiger partial charge in [0.05, 0.1) is 26.9 Å². The van der Waals surface area contributed by atoms with E-state index in [1.807, 2.05) is 42.5 Å². The Balaban J connectivity index is 1.09. The zero-order valence-electron chi connectivity index (χ0n) is 24.5. The van der Waals surface area contributed by atoms with Crippen LogP contribution in [0.1, 0.15) is 41.0 Å². The molecule has 0 radical (unpaired) electrons. The maximum absolute atomic E-state index is 9.88. The first-order valence-corrected chi connectivity index (χ1v) is 14.6. The number of piperidine rings is 1. The molecule has 0 bridgehead atoms. The second-order valence-electron chi connectivity index (χ2n) is 10.6. The predicted octanol–water partition coefficient (Wildman–Crippen LogP) is 5.57. The molecule has 0 saturated carbocycles. The van der Waals surface area contributed by atoms with Crippen LogP contribution in [0.25, 0.3) is 10.8 Å². The average Bonchev–Trinajstić information content (AvgIpc) is 3.05. The molecule has 2 atom stereocenters. The number of fused-ring (bicyclic) bond motifs is 1. The largest absolute Gasteiger partial charge is 0.517 e. The second-order valence-corrected chi connectivity index (χ2v) is 10.6. The van der Waals surface area contributed by atoms with Crippen molar-refractivity contribution in [2.45, 2.75) is 38.0 Å². The molecule has 4 aromatic carbocycles. The first kappa shape index (κ1) is 29.6. The van der Waals surface area contributed by atoms with Gasteiger partial charge in [-0.25, -0.2) is 0 Å². The maximum Gasteiger partial charge on any atom is 0.517 e. The minimum atomic E-state index is -0.0659. The molecule has 1 aliphatic rings. The molecular weight excluding hydrogens is 528 g/mol. The summed E-state index contributed by atoms with van der Waals surface area (Å²) < 4.78 is 22.1. The third-order valence-corrected chi connectivity index (χ3v) is 7.86. The molecule has 5 rings (SSSR count). The van der Waals surface area contributed by atoms with E-state index < -0.39 is 0 Å². The van der Waals surface area contributed by atoms with Crippen LogP contribution in [0.2, 0.25) is 0 Å². The van der Waals surface area contributed by atoms with Crippen molar-refractivity contribution < 1.29 is 23.7 Å². The third kappa shape index (κ3) is 7.68. The highest BCUT2D eigenvalue weighted by atomic mass is 16.5. The lowest BCUT2D eigenvalue weighted by molar-refractivity contribution is 0.105. The van der Waals surface area contributed by atoms with Crippen LogP contribution in [-0.4, -0.2) is 57.3 Å². The van der Waals surface area contributed by atoms with Crippen molar-refractivity contribution in [1.82, 2.24) is 10.6 Å². The molecule has 0 aliphatic carbocycles. The highest BCUT2D eigenvalue weighted by molar-refractivity contribution is 5.95. The van der Waals surface area contributed by atoms with Crippen molar-refractivity contribution in [2.75, 3.05) is 40.5 Å². The van der Waals surface area contributed by atoms with E-state index in [9.17, 15) is 4.79 Å². The number of para-hydroxylation sites is 1. The summed E-state index contributed by atoms with van der Waals surface area (Å²) in [5.41, 5.74) is 4.30. The zero-order chi connectivity index (χ0) is 29.1. The number of esters is 1. The number of carbonyl (C=O) groups excluding carboxylic acids is 1. The Bertz CT molecular complexity index is 1460. The van der Waals surface area contributed by atoms with E-state index in [1.165, 1.54) is 18.2 Å². The van der Waals surface area contributed by atoms with Crippen LogP contribution in [0.4, 0.5) is 0 Å². The van der Waals surface area contributed by atoms with Crippen molar-refractivity contribution >= 4 is 16.7 Å². The molecule has 0 amide bonds. The molecule has 3 N–H and O–H groups in total. The molecule has 220 valence electrons. The van der Waals surface area contributed by atoms with Gasteiger partial charge in [0.15, 0.2) is 7.11 Å². The monoisotopic (exact) mass is 569 g/mol. The standard InChI is InChI=1S/C35H40N2O5/c1-39-34-7-4-3-6-30(34)24-41-18-5-19-42-31-14-12-26(13-15-31)32-16-17-36-23-33(32)37-22-25-8-9-28-21-29(35(38)40-2)11-10-27(28)20-25/h3-4,6-15,20-21,32-33,36-37H,5,16-19,22-24H2,1-2H3/p+1/t32-,33?/m0/s1. The van der Waals surface area contributed by atoms with Crippen LogP contribution < -0.4 is 20.1 Å². The zero-order valence-corrected chi connectivity index (χ0v) is 24.5. The van der Waals surface area contributed by atoms with Crippen molar-refractivity contribution in [2.24, 2.45) is 0 Å². The summed E-state index contributed by atoms with van der Waals surface area (Å²) in [4.78, 5) is 9.88. The SMILES string of the molecule is COC(=[OH+])c1ccc2cc(CNC3CNCC[C@H]3c3ccc(OCCCOCc4ccccc4OC)cc3)ccc2c1. The number of rotatable bonds is 13. The van der Waals surface area contributed by atoms with Crippen molar-refractivity contribution in [3.05, 3.63) is 107 Å². The van der Waals surface area contributed by atoms with Gasteiger partial charge in [0.1, 0.15) is 17.1 Å². The molecule has 0 aromatic heterocycles. The minimum Gasteiger partial charge on any atom is -0.496 e. The highest BCUT2D eigenvalue weighted by Crippen LogP contribution is 2.28. The second kappa shape index (κ2) is 14.8. The molecule has 1 fully saturated rings. The Hall–Kier alpha value is -3.91. The molecular formula is C35H41N2O5+. The highest BCUT2D eigenvalue weighted by Gasteiger charge is 2.26. The number of benzene rings is 4. The van der Waals surface area contributed by atoms with Gasteiger partial charge in [-0.05, 0) is 71.3 Å². The van der Waals surface area contributed by atoms with Crippen molar-refractivity contribution in [3.8, 4) is 11.5 Å². The minimum absolute atomic E-state index is 0.0659. The van der Waals surface area contributed by atoms with E-state index in [4.69, 9.17) is 18.9 Å². The maximum atomic E-state index is 9.88. The van der Waals surface area contributed by atoms with Gasteiger partial charge in [0.25, 0.3) is 0 Å². The number of hydrogen-bond acceptors (Lipinski definition) is 6. The van der Waals surface area contributed by atoms with E-state index in [-0.39, 0.29) is 5.97 Å². The molecule has 1 saturated heterocycles. The fourth-order valence-corrected chi connectivity index (χ4v) is 5.54. The third-order valence-electron chi connectivity index (χ3n) is 7.86. The lowest BCUT2D eigenvalue weighted by Crippen LogP contribution is -2.47. The van der Waals surface area contributed by atoms with Crippen molar-refractivity contribution in [3.63, 3.8) is 0 Å². The molecule has 1 heterocycles. The van der Waals surface area contributed by atoms with Crippen LogP contribution >= 0.6 is 0 Å². The van der Waals surface area contributed by atoms with Crippen LogP contribution in [-0.2, 0) is 22.6 Å². The Kier molecular flexibility index (Phi) is 10.4. The number of nitrogens with one attached hydrogen (secondary N) is 2. The number of hydrogen-bond donors (Lipinski definition) is 2. The number of ether oxygens (including phenoxy) is 4. The predicted molar refractivity (Wildman–Crippen MR) is 167 cm³/mol. The Morgan fingerprint density at radius 2 is 1.74 bits per heavy atom. The lowest BCUT2D eigenvalue weighted by atomic mass is 9.86. The summed E-state index contributed by atoms with van der Waals surface area (Å²) in [6.45, 7) is 4.51. The summed E-state index contributed by atoms with van der Waals surface area (Å²) in [5, 5.41) is 9.56. The first-order chi connectivity index (χ1) is 20.6. The first-order valence-electron chi connectivity index (χ1n) is 14.6. The van der Waals surface area contributed by atoms with Gasteiger partial charge in [0.2, 0.25) is 0 Å². The molecule has 0 spiro atoms.